The molecule has 2 aromatic rings. The summed E-state index contributed by atoms with van der Waals surface area (Å²) in [5, 5.41) is 14.3. The molecule has 18 nitrogen and oxygen atoms in total. The number of hydrogen-bond acceptors (Lipinski definition) is 13. The van der Waals surface area contributed by atoms with Crippen LogP contribution in [-0.2, 0) is 46.6 Å². The Morgan fingerprint density at radius 2 is 1.10 bits per heavy atom. The predicted molar refractivity (Wildman–Crippen MR) is 216 cm³/mol. The maximum absolute atomic E-state index is 12.7. The quantitative estimate of drug-likeness (QED) is 0.249. The highest BCUT2D eigenvalue weighted by atomic mass is 16.6. The third kappa shape index (κ3) is 13.5. The fourth-order valence-corrected chi connectivity index (χ4v) is 6.63. The van der Waals surface area contributed by atoms with Gasteiger partial charge in [-0.25, -0.2) is 19.6 Å². The molecule has 0 spiro atoms. The summed E-state index contributed by atoms with van der Waals surface area (Å²) in [5.41, 5.74) is 2.32. The van der Waals surface area contributed by atoms with Gasteiger partial charge in [0.1, 0.15) is 17.2 Å². The third-order valence-electron chi connectivity index (χ3n) is 9.68. The van der Waals surface area contributed by atoms with Crippen molar-refractivity contribution in [1.29, 1.82) is 0 Å². The van der Waals surface area contributed by atoms with Crippen molar-refractivity contribution in [2.45, 2.75) is 39.5 Å². The molecule has 3 N–H and O–H groups in total. The monoisotopic (exact) mass is 802 g/mol. The number of amides is 4. The molecule has 4 aliphatic rings. The number of rotatable bonds is 8. The zero-order valence-corrected chi connectivity index (χ0v) is 33.9. The zero-order valence-electron chi connectivity index (χ0n) is 33.9. The van der Waals surface area contributed by atoms with Crippen molar-refractivity contribution >= 4 is 59.4 Å². The Morgan fingerprint density at radius 1 is 0.690 bits per heavy atom. The molecule has 0 saturated carbocycles. The van der Waals surface area contributed by atoms with Gasteiger partial charge in [0.05, 0.1) is 26.2 Å². The number of ether oxygens (including phenoxy) is 1. The van der Waals surface area contributed by atoms with E-state index in [1.165, 1.54) is 18.3 Å². The first-order chi connectivity index (χ1) is 27.5. The lowest BCUT2D eigenvalue weighted by Crippen LogP contribution is -2.50. The Morgan fingerprint density at radius 3 is 1.50 bits per heavy atom. The van der Waals surface area contributed by atoms with Crippen LogP contribution in [0.1, 0.15) is 43.0 Å². The second-order valence-electron chi connectivity index (χ2n) is 15.8. The van der Waals surface area contributed by atoms with Gasteiger partial charge in [0.25, 0.3) is 0 Å². The molecule has 18 heteroatoms. The van der Waals surface area contributed by atoms with Crippen molar-refractivity contribution in [2.24, 2.45) is 0 Å². The average molecular weight is 803 g/mol. The standard InChI is InChI=1S/C22H31N5O4.C18H23N5O4/c1-22(2,3)31-20(30)6-5-16-11-17-13-26(14-18(28)24-21(17)23-12-16)15-19(29)27-9-7-25(4)8-10-27;1-21-4-6-23(7-5-21)16(25)12-22-10-14-8-13(2-3-17(26)27)9-19-18(14)20-15(24)11-22/h5-6,11-12H,7-10,13-15H2,1-4H3,(H,23,24,28);2-3,8-9H,4-7,10-12H2,1H3,(H,26,27)(H,19,20,24)/b6-5+;3-2+. The number of anilines is 2. The molecule has 0 aromatic carbocycles. The van der Waals surface area contributed by atoms with E-state index in [9.17, 15) is 28.8 Å². The first-order valence-corrected chi connectivity index (χ1v) is 19.3. The third-order valence-corrected chi connectivity index (χ3v) is 9.68. The number of carboxylic acids is 1. The molecule has 2 fully saturated rings. The molecular weight excluding hydrogens is 749 g/mol. The van der Waals surface area contributed by atoms with Gasteiger partial charge in [-0.1, -0.05) is 0 Å². The number of carboxylic acid groups (broad SMARTS) is 1. The van der Waals surface area contributed by atoms with E-state index in [0.717, 1.165) is 43.4 Å². The number of piperazine rings is 2. The summed E-state index contributed by atoms with van der Waals surface area (Å²) in [6.07, 6.45) is 8.57. The van der Waals surface area contributed by atoms with Crippen molar-refractivity contribution in [3.8, 4) is 0 Å². The van der Waals surface area contributed by atoms with Gasteiger partial charge in [-0.2, -0.15) is 0 Å². The Bertz CT molecular complexity index is 1910. The van der Waals surface area contributed by atoms with E-state index in [1.807, 2.05) is 55.6 Å². The predicted octanol–water partition coefficient (Wildman–Crippen LogP) is 0.672. The maximum atomic E-state index is 12.7. The first kappa shape index (κ1) is 43.6. The number of pyridine rings is 2. The van der Waals surface area contributed by atoms with Crippen LogP contribution in [-0.4, -0.2) is 178 Å². The molecule has 0 bridgehead atoms. The van der Waals surface area contributed by atoms with Gasteiger partial charge >= 0.3 is 11.9 Å². The Kier molecular flexibility index (Phi) is 14.8. The lowest BCUT2D eigenvalue weighted by Gasteiger charge is -2.33. The molecule has 0 radical (unpaired) electrons. The maximum Gasteiger partial charge on any atom is 0.331 e. The number of aliphatic carboxylic acids is 1. The highest BCUT2D eigenvalue weighted by Gasteiger charge is 2.27. The molecule has 0 unspecified atom stereocenters. The summed E-state index contributed by atoms with van der Waals surface area (Å²) in [7, 11) is 4.07. The van der Waals surface area contributed by atoms with E-state index >= 15 is 0 Å². The Labute approximate surface area is 338 Å². The number of nitrogens with zero attached hydrogens (tertiary/aromatic N) is 8. The summed E-state index contributed by atoms with van der Waals surface area (Å²) < 4.78 is 5.27. The van der Waals surface area contributed by atoms with Gasteiger partial charge in [-0.3, -0.25) is 29.0 Å². The van der Waals surface area contributed by atoms with E-state index in [-0.39, 0.29) is 49.8 Å². The van der Waals surface area contributed by atoms with Crippen LogP contribution >= 0.6 is 0 Å². The van der Waals surface area contributed by atoms with Crippen LogP contribution in [0.4, 0.5) is 11.6 Å². The van der Waals surface area contributed by atoms with Crippen molar-refractivity contribution in [3.63, 3.8) is 0 Å². The topological polar surface area (TPSA) is 201 Å². The first-order valence-electron chi connectivity index (χ1n) is 19.3. The van der Waals surface area contributed by atoms with Crippen molar-refractivity contribution < 1.29 is 38.6 Å². The molecule has 0 atom stereocenters. The molecule has 6 rings (SSSR count). The Balaban J connectivity index is 0.000000223. The number of carbonyl (C=O) groups excluding carboxylic acids is 5. The SMILES string of the molecule is CN1CCN(C(=O)CN2CC(=O)Nc3ncc(/C=C/C(=O)O)cc3C2)CC1.CN1CCN(C(=O)CN2CC(=O)Nc3ncc(/C=C/C(=O)OC(C)(C)C)cc3C2)CC1. The second kappa shape index (κ2) is 19.7. The molecule has 4 aliphatic heterocycles. The highest BCUT2D eigenvalue weighted by Crippen LogP contribution is 2.22. The minimum atomic E-state index is -1.04. The number of aromatic nitrogens is 2. The summed E-state index contributed by atoms with van der Waals surface area (Å²) in [4.78, 5) is 92.6. The van der Waals surface area contributed by atoms with Crippen LogP contribution in [0.15, 0.2) is 36.7 Å². The minimum Gasteiger partial charge on any atom is -0.478 e. The molecular formula is C40H54N10O8. The van der Waals surface area contributed by atoms with E-state index < -0.39 is 17.5 Å². The number of likely N-dealkylation sites (N-methyl/N-ethyl adjacent to an activating group) is 2. The molecule has 4 amide bonds. The van der Waals surface area contributed by atoms with Gasteiger partial charge in [-0.15, -0.1) is 0 Å². The smallest absolute Gasteiger partial charge is 0.331 e. The lowest BCUT2D eigenvalue weighted by molar-refractivity contribution is -0.148. The molecule has 2 aromatic heterocycles. The molecule has 6 heterocycles. The fraction of sp³-hybridized carbons (Fsp3) is 0.500. The van der Waals surface area contributed by atoms with Crippen molar-refractivity contribution in [3.05, 3.63) is 58.9 Å². The average Bonchev–Trinajstić information content (AvgIpc) is 3.41. The number of fused-ring (bicyclic) bond motifs is 2. The highest BCUT2D eigenvalue weighted by molar-refractivity contribution is 5.94. The molecule has 58 heavy (non-hydrogen) atoms. The van der Waals surface area contributed by atoms with E-state index in [1.54, 1.807) is 23.2 Å². The van der Waals surface area contributed by atoms with Crippen LogP contribution in [0, 0.1) is 0 Å². The van der Waals surface area contributed by atoms with Crippen LogP contribution in [0.3, 0.4) is 0 Å². The summed E-state index contributed by atoms with van der Waals surface area (Å²) in [6.45, 7) is 13.0. The largest absolute Gasteiger partial charge is 0.478 e. The second-order valence-corrected chi connectivity index (χ2v) is 15.8. The Hall–Kier alpha value is -5.56. The van der Waals surface area contributed by atoms with E-state index in [0.29, 0.717) is 62.0 Å². The normalized spacial score (nSPS) is 18.6. The van der Waals surface area contributed by atoms with Crippen molar-refractivity contribution in [2.75, 3.05) is 103 Å². The summed E-state index contributed by atoms with van der Waals surface area (Å²) in [6, 6.07) is 3.64. The number of esters is 1. The minimum absolute atomic E-state index is 0.00855. The fourth-order valence-electron chi connectivity index (χ4n) is 6.63. The molecule has 312 valence electrons. The van der Waals surface area contributed by atoms with Gasteiger partial charge in [0.2, 0.25) is 23.6 Å². The van der Waals surface area contributed by atoms with Gasteiger partial charge < -0.3 is 40.1 Å². The van der Waals surface area contributed by atoms with Crippen LogP contribution in [0.2, 0.25) is 0 Å². The van der Waals surface area contributed by atoms with Crippen LogP contribution < -0.4 is 10.6 Å². The van der Waals surface area contributed by atoms with Crippen LogP contribution in [0.25, 0.3) is 12.2 Å². The van der Waals surface area contributed by atoms with Gasteiger partial charge in [-0.05, 0) is 70.3 Å². The van der Waals surface area contributed by atoms with Gasteiger partial charge in [0.15, 0.2) is 0 Å². The van der Waals surface area contributed by atoms with Crippen molar-refractivity contribution in [1.82, 2.24) is 39.4 Å². The van der Waals surface area contributed by atoms with Gasteiger partial charge in [0, 0.05) is 101 Å². The number of carbonyl (C=O) groups is 6. The van der Waals surface area contributed by atoms with E-state index in [2.05, 4.69) is 30.4 Å². The molecule has 2 saturated heterocycles. The molecule has 0 aliphatic carbocycles. The lowest BCUT2D eigenvalue weighted by atomic mass is 10.1. The number of hydrogen-bond donors (Lipinski definition) is 3. The van der Waals surface area contributed by atoms with Crippen LogP contribution in [0.5, 0.6) is 0 Å². The summed E-state index contributed by atoms with van der Waals surface area (Å²) in [5.74, 6) is -0.938. The zero-order chi connectivity index (χ0) is 42.0. The van der Waals surface area contributed by atoms with E-state index in [4.69, 9.17) is 9.84 Å². The number of nitrogens with one attached hydrogen (secondary N) is 2. The summed E-state index contributed by atoms with van der Waals surface area (Å²) >= 11 is 0.